The summed E-state index contributed by atoms with van der Waals surface area (Å²) in [6.45, 7) is 5.58. The Kier molecular flexibility index (Phi) is 2.90. The average Bonchev–Trinajstić information content (AvgIpc) is 2.25. The minimum atomic E-state index is -0.969. The Hall–Kier alpha value is -1.47. The molecular formula is C14H17FN2O. The van der Waals surface area contributed by atoms with Gasteiger partial charge in [0.15, 0.2) is 0 Å². The van der Waals surface area contributed by atoms with Crippen LogP contribution in [0, 0.1) is 17.1 Å². The molecule has 1 aliphatic rings. The smallest absolute Gasteiger partial charge is 0.146 e. The molecule has 1 N–H and O–H groups in total. The van der Waals surface area contributed by atoms with Crippen molar-refractivity contribution in [1.29, 1.82) is 5.26 Å². The zero-order chi connectivity index (χ0) is 13.6. The van der Waals surface area contributed by atoms with Gasteiger partial charge in [-0.3, -0.25) is 4.98 Å². The van der Waals surface area contributed by atoms with Gasteiger partial charge in [-0.25, -0.2) is 4.39 Å². The molecule has 96 valence electrons. The van der Waals surface area contributed by atoms with Crippen LogP contribution in [0.15, 0.2) is 12.3 Å². The molecule has 0 atom stereocenters. The highest BCUT2D eigenvalue weighted by Gasteiger charge is 2.54. The van der Waals surface area contributed by atoms with E-state index in [0.717, 1.165) is 5.56 Å². The molecule has 0 bridgehead atoms. The summed E-state index contributed by atoms with van der Waals surface area (Å²) in [6.07, 6.45) is 2.10. The van der Waals surface area contributed by atoms with Crippen molar-refractivity contribution < 1.29 is 9.50 Å². The van der Waals surface area contributed by atoms with Gasteiger partial charge in [0.1, 0.15) is 11.2 Å². The zero-order valence-electron chi connectivity index (χ0n) is 10.9. The van der Waals surface area contributed by atoms with Crippen molar-refractivity contribution in [3.63, 3.8) is 0 Å². The van der Waals surface area contributed by atoms with Gasteiger partial charge in [-0.1, -0.05) is 13.8 Å². The largest absolute Gasteiger partial charge is 0.390 e. The predicted octanol–water partition coefficient (Wildman–Crippen LogP) is 2.65. The lowest BCUT2D eigenvalue weighted by Gasteiger charge is -2.46. The summed E-state index contributed by atoms with van der Waals surface area (Å²) in [5, 5.41) is 19.0. The Labute approximate surface area is 106 Å². The molecule has 0 saturated heterocycles. The van der Waals surface area contributed by atoms with Crippen molar-refractivity contribution in [2.75, 3.05) is 0 Å². The highest BCUT2D eigenvalue weighted by atomic mass is 19.1. The van der Waals surface area contributed by atoms with Crippen molar-refractivity contribution in [3.8, 4) is 6.07 Å². The van der Waals surface area contributed by atoms with Gasteiger partial charge in [0.2, 0.25) is 0 Å². The van der Waals surface area contributed by atoms with Crippen LogP contribution in [-0.4, -0.2) is 15.7 Å². The molecule has 0 aliphatic heterocycles. The quantitative estimate of drug-likeness (QED) is 0.875. The topological polar surface area (TPSA) is 56.9 Å². The number of nitriles is 1. The predicted molar refractivity (Wildman–Crippen MR) is 65.4 cm³/mol. The third-order valence-electron chi connectivity index (χ3n) is 3.56. The first-order chi connectivity index (χ1) is 8.30. The number of pyridine rings is 1. The van der Waals surface area contributed by atoms with Crippen molar-refractivity contribution in [2.24, 2.45) is 0 Å². The summed E-state index contributed by atoms with van der Waals surface area (Å²) in [7, 11) is 0. The Bertz CT molecular complexity index is 509. The minimum absolute atomic E-state index is 0.168. The second-order valence-electron chi connectivity index (χ2n) is 5.80. The second-order valence-corrected chi connectivity index (χ2v) is 5.80. The summed E-state index contributed by atoms with van der Waals surface area (Å²) < 4.78 is 14.1. The van der Waals surface area contributed by atoms with Crippen molar-refractivity contribution in [1.82, 2.24) is 4.98 Å². The van der Waals surface area contributed by atoms with Crippen LogP contribution in [0.5, 0.6) is 0 Å². The minimum Gasteiger partial charge on any atom is -0.390 e. The fourth-order valence-corrected chi connectivity index (χ4v) is 2.67. The van der Waals surface area contributed by atoms with E-state index < -0.39 is 16.8 Å². The average molecular weight is 248 g/mol. The first kappa shape index (κ1) is 13.0. The maximum Gasteiger partial charge on any atom is 0.146 e. The van der Waals surface area contributed by atoms with Crippen LogP contribution in [0.2, 0.25) is 0 Å². The van der Waals surface area contributed by atoms with Crippen LogP contribution in [0.3, 0.4) is 0 Å². The monoisotopic (exact) mass is 248 g/mol. The summed E-state index contributed by atoms with van der Waals surface area (Å²) >= 11 is 0. The van der Waals surface area contributed by atoms with Crippen LogP contribution < -0.4 is 0 Å². The second kappa shape index (κ2) is 4.03. The fourth-order valence-electron chi connectivity index (χ4n) is 2.67. The molecule has 18 heavy (non-hydrogen) atoms. The van der Waals surface area contributed by atoms with Gasteiger partial charge in [0.25, 0.3) is 0 Å². The number of hydrogen-bond acceptors (Lipinski definition) is 3. The van der Waals surface area contributed by atoms with Crippen LogP contribution in [0.1, 0.15) is 50.8 Å². The van der Waals surface area contributed by atoms with E-state index in [-0.39, 0.29) is 24.5 Å². The molecule has 0 aromatic carbocycles. The molecular weight excluding hydrogens is 231 g/mol. The van der Waals surface area contributed by atoms with E-state index >= 15 is 0 Å². The Morgan fingerprint density at radius 3 is 2.50 bits per heavy atom. The van der Waals surface area contributed by atoms with E-state index in [2.05, 4.69) is 11.1 Å². The van der Waals surface area contributed by atoms with Gasteiger partial charge in [0, 0.05) is 19.0 Å². The third-order valence-corrected chi connectivity index (χ3v) is 3.56. The lowest BCUT2D eigenvalue weighted by Crippen LogP contribution is -2.52. The SMILES string of the molecule is CC(C)c1cnc(C2(C#N)CC(C)(O)C2)c(F)c1. The summed E-state index contributed by atoms with van der Waals surface area (Å²) in [5.41, 5.74) is -0.875. The number of nitrogens with zero attached hydrogens (tertiary/aromatic N) is 2. The molecule has 1 aromatic heterocycles. The van der Waals surface area contributed by atoms with Gasteiger partial charge in [-0.15, -0.1) is 0 Å². The van der Waals surface area contributed by atoms with Crippen molar-refractivity contribution in [3.05, 3.63) is 29.3 Å². The van der Waals surface area contributed by atoms with E-state index in [1.807, 2.05) is 13.8 Å². The van der Waals surface area contributed by atoms with Crippen LogP contribution in [0.25, 0.3) is 0 Å². The standard InChI is InChI=1S/C14H17FN2O/c1-9(2)10-4-11(15)12(17-5-10)14(8-16)6-13(3,18)7-14/h4-5,9,18H,6-7H2,1-3H3. The molecule has 0 spiro atoms. The van der Waals surface area contributed by atoms with Crippen molar-refractivity contribution in [2.45, 2.75) is 50.5 Å². The molecule has 1 aromatic rings. The van der Waals surface area contributed by atoms with E-state index in [9.17, 15) is 14.8 Å². The number of halogens is 1. The van der Waals surface area contributed by atoms with Crippen LogP contribution >= 0.6 is 0 Å². The molecule has 1 heterocycles. The molecule has 1 aliphatic carbocycles. The van der Waals surface area contributed by atoms with E-state index in [4.69, 9.17) is 0 Å². The first-order valence-electron chi connectivity index (χ1n) is 6.09. The highest BCUT2D eigenvalue weighted by molar-refractivity contribution is 5.36. The number of rotatable bonds is 2. The van der Waals surface area contributed by atoms with Gasteiger partial charge in [-0.2, -0.15) is 5.26 Å². The Balaban J connectivity index is 2.38. The summed E-state index contributed by atoms with van der Waals surface area (Å²) in [5.74, 6) is -0.248. The Morgan fingerprint density at radius 2 is 2.11 bits per heavy atom. The third kappa shape index (κ3) is 1.99. The summed E-state index contributed by atoms with van der Waals surface area (Å²) in [4.78, 5) is 4.12. The highest BCUT2D eigenvalue weighted by Crippen LogP contribution is 2.49. The molecule has 2 rings (SSSR count). The molecule has 1 saturated carbocycles. The van der Waals surface area contributed by atoms with Crippen LogP contribution in [0.4, 0.5) is 4.39 Å². The number of hydrogen-bond donors (Lipinski definition) is 1. The lowest BCUT2D eigenvalue weighted by molar-refractivity contribution is -0.0579. The molecule has 4 heteroatoms. The van der Waals surface area contributed by atoms with E-state index in [1.54, 1.807) is 13.1 Å². The Morgan fingerprint density at radius 1 is 1.50 bits per heavy atom. The fraction of sp³-hybridized carbons (Fsp3) is 0.571. The lowest BCUT2D eigenvalue weighted by atomic mass is 9.59. The van der Waals surface area contributed by atoms with Crippen molar-refractivity contribution >= 4 is 0 Å². The first-order valence-corrected chi connectivity index (χ1v) is 6.09. The maximum atomic E-state index is 14.1. The summed E-state index contributed by atoms with van der Waals surface area (Å²) in [6, 6.07) is 3.56. The number of aliphatic hydroxyl groups is 1. The van der Waals surface area contributed by atoms with Gasteiger partial charge in [-0.05, 0) is 24.5 Å². The zero-order valence-corrected chi connectivity index (χ0v) is 10.9. The van der Waals surface area contributed by atoms with E-state index in [1.165, 1.54) is 6.07 Å². The number of aromatic nitrogens is 1. The molecule has 1 fully saturated rings. The van der Waals surface area contributed by atoms with Gasteiger partial charge < -0.3 is 5.11 Å². The van der Waals surface area contributed by atoms with Gasteiger partial charge >= 0.3 is 0 Å². The molecule has 0 unspecified atom stereocenters. The molecule has 3 nitrogen and oxygen atoms in total. The van der Waals surface area contributed by atoms with Gasteiger partial charge in [0.05, 0.1) is 17.4 Å². The van der Waals surface area contributed by atoms with E-state index in [0.29, 0.717) is 0 Å². The van der Waals surface area contributed by atoms with Crippen LogP contribution in [-0.2, 0) is 5.41 Å². The molecule has 0 radical (unpaired) electrons. The maximum absolute atomic E-state index is 14.1. The molecule has 0 amide bonds. The normalized spacial score (nSPS) is 30.9.